The SMILES string of the molecule is CCCCN(CCO)C(=O)c1ccno1. The van der Waals surface area contributed by atoms with Crippen molar-refractivity contribution in [2.75, 3.05) is 19.7 Å². The summed E-state index contributed by atoms with van der Waals surface area (Å²) in [6.07, 6.45) is 3.36. The molecule has 0 spiro atoms. The van der Waals surface area contributed by atoms with Crippen molar-refractivity contribution < 1.29 is 14.4 Å². The molecule has 1 rings (SSSR count). The molecule has 0 aliphatic rings. The van der Waals surface area contributed by atoms with Crippen molar-refractivity contribution in [1.29, 1.82) is 0 Å². The van der Waals surface area contributed by atoms with Crippen LogP contribution in [0.15, 0.2) is 16.8 Å². The third-order valence-electron chi connectivity index (χ3n) is 2.09. The Balaban J connectivity index is 2.58. The maximum atomic E-state index is 11.8. The molecule has 0 saturated carbocycles. The number of aliphatic hydroxyl groups is 1. The highest BCUT2D eigenvalue weighted by Gasteiger charge is 2.17. The molecule has 1 heterocycles. The Kier molecular flexibility index (Phi) is 4.83. The van der Waals surface area contributed by atoms with E-state index in [2.05, 4.69) is 12.1 Å². The van der Waals surface area contributed by atoms with E-state index < -0.39 is 0 Å². The summed E-state index contributed by atoms with van der Waals surface area (Å²) in [5.41, 5.74) is 0. The number of carbonyl (C=O) groups is 1. The van der Waals surface area contributed by atoms with E-state index in [0.29, 0.717) is 13.1 Å². The number of aromatic nitrogens is 1. The molecular formula is C10H16N2O3. The van der Waals surface area contributed by atoms with Gasteiger partial charge in [-0.2, -0.15) is 0 Å². The van der Waals surface area contributed by atoms with Crippen molar-refractivity contribution in [3.63, 3.8) is 0 Å². The molecule has 0 aliphatic carbocycles. The van der Waals surface area contributed by atoms with Gasteiger partial charge in [0.1, 0.15) is 0 Å². The number of amides is 1. The predicted octanol–water partition coefficient (Wildman–Crippen LogP) is 0.909. The molecule has 5 nitrogen and oxygen atoms in total. The third kappa shape index (κ3) is 3.36. The fourth-order valence-corrected chi connectivity index (χ4v) is 1.27. The number of nitrogens with zero attached hydrogens (tertiary/aromatic N) is 2. The van der Waals surface area contributed by atoms with Crippen molar-refractivity contribution in [1.82, 2.24) is 10.1 Å². The molecule has 1 amide bonds. The highest BCUT2D eigenvalue weighted by atomic mass is 16.5. The molecule has 84 valence electrons. The number of hydrogen-bond donors (Lipinski definition) is 1. The van der Waals surface area contributed by atoms with Gasteiger partial charge in [0.05, 0.1) is 12.8 Å². The van der Waals surface area contributed by atoms with Gasteiger partial charge in [-0.1, -0.05) is 18.5 Å². The van der Waals surface area contributed by atoms with E-state index in [4.69, 9.17) is 9.63 Å². The van der Waals surface area contributed by atoms with E-state index in [-0.39, 0.29) is 18.3 Å². The van der Waals surface area contributed by atoms with E-state index in [9.17, 15) is 4.79 Å². The molecule has 15 heavy (non-hydrogen) atoms. The zero-order valence-electron chi connectivity index (χ0n) is 8.85. The molecule has 0 atom stereocenters. The van der Waals surface area contributed by atoms with Crippen LogP contribution in [-0.4, -0.2) is 40.8 Å². The predicted molar refractivity (Wildman–Crippen MR) is 54.4 cm³/mol. The molecule has 0 unspecified atom stereocenters. The zero-order valence-corrected chi connectivity index (χ0v) is 8.85. The van der Waals surface area contributed by atoms with E-state index >= 15 is 0 Å². The molecule has 1 N–H and O–H groups in total. The second-order valence-electron chi connectivity index (χ2n) is 3.25. The highest BCUT2D eigenvalue weighted by molar-refractivity contribution is 5.91. The topological polar surface area (TPSA) is 66.6 Å². The summed E-state index contributed by atoms with van der Waals surface area (Å²) < 4.78 is 4.78. The lowest BCUT2D eigenvalue weighted by Gasteiger charge is -2.19. The van der Waals surface area contributed by atoms with E-state index in [1.807, 2.05) is 0 Å². The quantitative estimate of drug-likeness (QED) is 0.761. The average molecular weight is 212 g/mol. The summed E-state index contributed by atoms with van der Waals surface area (Å²) in [7, 11) is 0. The molecule has 1 aromatic rings. The molecule has 1 aromatic heterocycles. The van der Waals surface area contributed by atoms with Crippen LogP contribution < -0.4 is 0 Å². The van der Waals surface area contributed by atoms with Crippen molar-refractivity contribution in [2.45, 2.75) is 19.8 Å². The molecule has 0 aromatic carbocycles. The van der Waals surface area contributed by atoms with Gasteiger partial charge in [0.15, 0.2) is 0 Å². The van der Waals surface area contributed by atoms with E-state index in [0.717, 1.165) is 12.8 Å². The minimum absolute atomic E-state index is 0.0381. The smallest absolute Gasteiger partial charge is 0.292 e. The second-order valence-corrected chi connectivity index (χ2v) is 3.25. The number of aliphatic hydroxyl groups excluding tert-OH is 1. The number of rotatable bonds is 6. The summed E-state index contributed by atoms with van der Waals surface area (Å²) in [4.78, 5) is 13.4. The molecule has 0 fully saturated rings. The molecule has 0 radical (unpaired) electrons. The van der Waals surface area contributed by atoms with Gasteiger partial charge in [-0.15, -0.1) is 0 Å². The first-order chi connectivity index (χ1) is 7.29. The zero-order chi connectivity index (χ0) is 11.1. The summed E-state index contributed by atoms with van der Waals surface area (Å²) in [6.45, 7) is 2.98. The summed E-state index contributed by atoms with van der Waals surface area (Å²) in [6, 6.07) is 1.53. The first-order valence-corrected chi connectivity index (χ1v) is 5.10. The van der Waals surface area contributed by atoms with Crippen LogP contribution in [-0.2, 0) is 0 Å². The summed E-state index contributed by atoms with van der Waals surface area (Å²) in [5.74, 6) is 0.00885. The largest absolute Gasteiger partial charge is 0.395 e. The first-order valence-electron chi connectivity index (χ1n) is 5.10. The maximum absolute atomic E-state index is 11.8. The lowest BCUT2D eigenvalue weighted by Crippen LogP contribution is -2.34. The normalized spacial score (nSPS) is 10.3. The van der Waals surface area contributed by atoms with Crippen LogP contribution in [0.4, 0.5) is 0 Å². The maximum Gasteiger partial charge on any atom is 0.292 e. The van der Waals surface area contributed by atoms with Gasteiger partial charge in [-0.3, -0.25) is 4.79 Å². The fraction of sp³-hybridized carbons (Fsp3) is 0.600. The van der Waals surface area contributed by atoms with Gasteiger partial charge in [0.25, 0.3) is 5.91 Å². The van der Waals surface area contributed by atoms with Gasteiger partial charge in [0.2, 0.25) is 5.76 Å². The Morgan fingerprint density at radius 1 is 1.60 bits per heavy atom. The fourth-order valence-electron chi connectivity index (χ4n) is 1.27. The van der Waals surface area contributed by atoms with Crippen LogP contribution in [0.25, 0.3) is 0 Å². The van der Waals surface area contributed by atoms with Crippen molar-refractivity contribution in [3.05, 3.63) is 18.0 Å². The van der Waals surface area contributed by atoms with E-state index in [1.165, 1.54) is 12.3 Å². The van der Waals surface area contributed by atoms with E-state index in [1.54, 1.807) is 4.90 Å². The van der Waals surface area contributed by atoms with Crippen LogP contribution in [0, 0.1) is 0 Å². The van der Waals surface area contributed by atoms with Crippen LogP contribution in [0.3, 0.4) is 0 Å². The van der Waals surface area contributed by atoms with Crippen LogP contribution in [0.1, 0.15) is 30.3 Å². The van der Waals surface area contributed by atoms with Gasteiger partial charge in [0, 0.05) is 19.2 Å². The molecule has 5 heteroatoms. The lowest BCUT2D eigenvalue weighted by molar-refractivity contribution is 0.0678. The number of unbranched alkanes of at least 4 members (excludes halogenated alkanes) is 1. The minimum atomic E-state index is -0.213. The average Bonchev–Trinajstić information content (AvgIpc) is 2.76. The molecule has 0 saturated heterocycles. The summed E-state index contributed by atoms with van der Waals surface area (Å²) in [5, 5.41) is 12.3. The number of hydrogen-bond acceptors (Lipinski definition) is 4. The first kappa shape index (κ1) is 11.7. The second kappa shape index (κ2) is 6.19. The van der Waals surface area contributed by atoms with Crippen LogP contribution >= 0.6 is 0 Å². The van der Waals surface area contributed by atoms with Gasteiger partial charge in [-0.25, -0.2) is 0 Å². The molecular weight excluding hydrogens is 196 g/mol. The Morgan fingerprint density at radius 2 is 2.40 bits per heavy atom. The molecule has 0 bridgehead atoms. The standard InChI is InChI=1S/C10H16N2O3/c1-2-3-6-12(7-8-13)10(14)9-4-5-11-15-9/h4-5,13H,2-3,6-8H2,1H3. The Hall–Kier alpha value is -1.36. The Morgan fingerprint density at radius 3 is 2.93 bits per heavy atom. The van der Waals surface area contributed by atoms with Crippen LogP contribution in [0.2, 0.25) is 0 Å². The summed E-state index contributed by atoms with van der Waals surface area (Å²) >= 11 is 0. The monoisotopic (exact) mass is 212 g/mol. The Bertz CT molecular complexity index is 285. The van der Waals surface area contributed by atoms with Crippen LogP contribution in [0.5, 0.6) is 0 Å². The van der Waals surface area contributed by atoms with Gasteiger partial charge >= 0.3 is 0 Å². The Labute approximate surface area is 88.7 Å². The minimum Gasteiger partial charge on any atom is -0.395 e. The van der Waals surface area contributed by atoms with Crippen molar-refractivity contribution in [2.24, 2.45) is 0 Å². The van der Waals surface area contributed by atoms with Gasteiger partial charge in [-0.05, 0) is 6.42 Å². The van der Waals surface area contributed by atoms with Gasteiger partial charge < -0.3 is 14.5 Å². The number of carbonyl (C=O) groups excluding carboxylic acids is 1. The third-order valence-corrected chi connectivity index (χ3v) is 2.09. The molecule has 0 aliphatic heterocycles. The van der Waals surface area contributed by atoms with Crippen molar-refractivity contribution in [3.8, 4) is 0 Å². The van der Waals surface area contributed by atoms with Crippen molar-refractivity contribution >= 4 is 5.91 Å². The lowest BCUT2D eigenvalue weighted by atomic mass is 10.3. The highest BCUT2D eigenvalue weighted by Crippen LogP contribution is 2.05.